The first-order valence-electron chi connectivity index (χ1n) is 11.8. The molecule has 1 aromatic carbocycles. The quantitative estimate of drug-likeness (QED) is 0.651. The van der Waals surface area contributed by atoms with E-state index in [9.17, 15) is 9.59 Å². The first kappa shape index (κ1) is 21.6. The second-order valence-electron chi connectivity index (χ2n) is 8.97. The molecule has 1 aliphatic heterocycles. The fraction of sp³-hybridized carbons (Fsp3) is 0.560. The number of aryl methyl sites for hydroxylation is 1. The maximum atomic E-state index is 13.0. The Labute approximate surface area is 185 Å². The summed E-state index contributed by atoms with van der Waals surface area (Å²) in [5, 5.41) is 4.30. The lowest BCUT2D eigenvalue weighted by molar-refractivity contribution is -0.133. The van der Waals surface area contributed by atoms with E-state index in [-0.39, 0.29) is 5.91 Å². The van der Waals surface area contributed by atoms with Gasteiger partial charge in [0.05, 0.1) is 6.20 Å². The second-order valence-corrected chi connectivity index (χ2v) is 8.97. The summed E-state index contributed by atoms with van der Waals surface area (Å²) in [6.45, 7) is 7.94. The molecular weight excluding hydrogens is 388 g/mol. The molecule has 1 aliphatic carbocycles. The van der Waals surface area contributed by atoms with Gasteiger partial charge in [0.2, 0.25) is 5.91 Å². The van der Waals surface area contributed by atoms with Crippen molar-refractivity contribution in [3.05, 3.63) is 53.3 Å². The Kier molecular flexibility index (Phi) is 6.73. The Hall–Kier alpha value is -2.63. The average Bonchev–Trinajstić information content (AvgIpc) is 3.56. The SMILES string of the molecule is CCN(Cc1cnn(CC)c1)C(=O)c1ccc(CC2CCN(C(=O)C3CC3)CC2)cc1. The molecule has 2 fully saturated rings. The number of hydrogen-bond acceptors (Lipinski definition) is 3. The number of rotatable bonds is 8. The van der Waals surface area contributed by atoms with Gasteiger partial charge in [0.1, 0.15) is 0 Å². The summed E-state index contributed by atoms with van der Waals surface area (Å²) in [4.78, 5) is 29.1. The van der Waals surface area contributed by atoms with Gasteiger partial charge in [0.25, 0.3) is 5.91 Å². The van der Waals surface area contributed by atoms with E-state index in [1.807, 2.05) is 41.0 Å². The van der Waals surface area contributed by atoms with Crippen molar-refractivity contribution in [2.24, 2.45) is 11.8 Å². The van der Waals surface area contributed by atoms with Crippen LogP contribution in [0.3, 0.4) is 0 Å². The summed E-state index contributed by atoms with van der Waals surface area (Å²) in [6, 6.07) is 8.11. The fourth-order valence-corrected chi connectivity index (χ4v) is 4.45. The number of carbonyl (C=O) groups is 2. The van der Waals surface area contributed by atoms with E-state index >= 15 is 0 Å². The fourth-order valence-electron chi connectivity index (χ4n) is 4.45. The largest absolute Gasteiger partial charge is 0.342 e. The molecule has 166 valence electrons. The molecule has 31 heavy (non-hydrogen) atoms. The minimum Gasteiger partial charge on any atom is -0.342 e. The molecule has 1 aromatic heterocycles. The lowest BCUT2D eigenvalue weighted by Crippen LogP contribution is -2.39. The molecule has 6 heteroatoms. The molecule has 0 radical (unpaired) electrons. The van der Waals surface area contributed by atoms with Crippen LogP contribution in [0.1, 0.15) is 61.0 Å². The van der Waals surface area contributed by atoms with Crippen LogP contribution in [0.15, 0.2) is 36.7 Å². The van der Waals surface area contributed by atoms with Crippen LogP contribution in [0.25, 0.3) is 0 Å². The van der Waals surface area contributed by atoms with Crippen molar-refractivity contribution in [3.63, 3.8) is 0 Å². The minimum atomic E-state index is 0.0604. The van der Waals surface area contributed by atoms with E-state index in [4.69, 9.17) is 0 Å². The highest BCUT2D eigenvalue weighted by molar-refractivity contribution is 5.94. The molecule has 0 spiro atoms. The summed E-state index contributed by atoms with van der Waals surface area (Å²) in [6.07, 6.45) is 9.19. The second kappa shape index (κ2) is 9.67. The Morgan fingerprint density at radius 1 is 1.03 bits per heavy atom. The van der Waals surface area contributed by atoms with Gasteiger partial charge in [-0.05, 0) is 69.6 Å². The van der Waals surface area contributed by atoms with E-state index in [2.05, 4.69) is 29.1 Å². The zero-order valence-corrected chi connectivity index (χ0v) is 18.8. The number of hydrogen-bond donors (Lipinski definition) is 0. The van der Waals surface area contributed by atoms with Crippen LogP contribution in [0.5, 0.6) is 0 Å². The van der Waals surface area contributed by atoms with Gasteiger partial charge in [0, 0.05) is 56.0 Å². The van der Waals surface area contributed by atoms with Crippen LogP contribution < -0.4 is 0 Å². The van der Waals surface area contributed by atoms with Gasteiger partial charge < -0.3 is 9.80 Å². The molecular formula is C25H34N4O2. The molecule has 0 N–H and O–H groups in total. The third-order valence-electron chi connectivity index (χ3n) is 6.63. The molecule has 2 aliphatic rings. The van der Waals surface area contributed by atoms with Crippen LogP contribution >= 0.6 is 0 Å². The number of likely N-dealkylation sites (tertiary alicyclic amines) is 1. The highest BCUT2D eigenvalue weighted by Gasteiger charge is 2.34. The zero-order valence-electron chi connectivity index (χ0n) is 18.8. The van der Waals surface area contributed by atoms with E-state index in [1.165, 1.54) is 5.56 Å². The number of benzene rings is 1. The Morgan fingerprint density at radius 2 is 1.74 bits per heavy atom. The van der Waals surface area contributed by atoms with Gasteiger partial charge in [-0.25, -0.2) is 0 Å². The maximum Gasteiger partial charge on any atom is 0.254 e. The highest BCUT2D eigenvalue weighted by atomic mass is 16.2. The van der Waals surface area contributed by atoms with Crippen molar-refractivity contribution >= 4 is 11.8 Å². The van der Waals surface area contributed by atoms with Crippen molar-refractivity contribution in [1.82, 2.24) is 19.6 Å². The van der Waals surface area contributed by atoms with Crippen molar-refractivity contribution in [3.8, 4) is 0 Å². The summed E-state index contributed by atoms with van der Waals surface area (Å²) in [7, 11) is 0. The van der Waals surface area contributed by atoms with Crippen molar-refractivity contribution in [2.45, 2.75) is 59.0 Å². The molecule has 0 bridgehead atoms. The van der Waals surface area contributed by atoms with Gasteiger partial charge in [-0.3, -0.25) is 14.3 Å². The molecule has 0 atom stereocenters. The van der Waals surface area contributed by atoms with Gasteiger partial charge >= 0.3 is 0 Å². The van der Waals surface area contributed by atoms with E-state index < -0.39 is 0 Å². The molecule has 2 heterocycles. The van der Waals surface area contributed by atoms with Crippen LogP contribution in [-0.2, 0) is 24.3 Å². The normalized spacial score (nSPS) is 17.0. The minimum absolute atomic E-state index is 0.0604. The van der Waals surface area contributed by atoms with E-state index in [0.29, 0.717) is 30.8 Å². The number of nitrogens with zero attached hydrogens (tertiary/aromatic N) is 4. The van der Waals surface area contributed by atoms with Crippen LogP contribution in [-0.4, -0.2) is 51.0 Å². The predicted octanol–water partition coefficient (Wildman–Crippen LogP) is 3.76. The van der Waals surface area contributed by atoms with Crippen LogP contribution in [0.4, 0.5) is 0 Å². The molecule has 1 saturated carbocycles. The number of piperidine rings is 1. The lowest BCUT2D eigenvalue weighted by Gasteiger charge is -2.32. The standard InChI is InChI=1S/C25H34N4O2/c1-3-27(17-21-16-26-29(4-2)18-21)24(30)22-7-5-19(6-8-22)15-20-11-13-28(14-12-20)25(31)23-9-10-23/h5-8,16,18,20,23H,3-4,9-15,17H2,1-2H3. The lowest BCUT2D eigenvalue weighted by atomic mass is 9.89. The molecule has 6 nitrogen and oxygen atoms in total. The number of carbonyl (C=O) groups excluding carboxylic acids is 2. The summed E-state index contributed by atoms with van der Waals surface area (Å²) < 4.78 is 1.88. The first-order valence-corrected chi connectivity index (χ1v) is 11.8. The maximum absolute atomic E-state index is 13.0. The van der Waals surface area contributed by atoms with Crippen molar-refractivity contribution < 1.29 is 9.59 Å². The van der Waals surface area contributed by atoms with E-state index in [1.54, 1.807) is 0 Å². The predicted molar refractivity (Wildman–Crippen MR) is 120 cm³/mol. The third-order valence-corrected chi connectivity index (χ3v) is 6.63. The van der Waals surface area contributed by atoms with E-state index in [0.717, 1.165) is 62.9 Å². The molecule has 2 aromatic rings. The Morgan fingerprint density at radius 3 is 2.32 bits per heavy atom. The number of aromatic nitrogens is 2. The monoisotopic (exact) mass is 422 g/mol. The average molecular weight is 423 g/mol. The smallest absolute Gasteiger partial charge is 0.254 e. The van der Waals surface area contributed by atoms with Gasteiger partial charge in [-0.2, -0.15) is 5.10 Å². The molecule has 1 saturated heterocycles. The molecule has 0 unspecified atom stereocenters. The highest BCUT2D eigenvalue weighted by Crippen LogP contribution is 2.33. The summed E-state index contributed by atoms with van der Waals surface area (Å²) >= 11 is 0. The van der Waals surface area contributed by atoms with Gasteiger partial charge in [0.15, 0.2) is 0 Å². The van der Waals surface area contributed by atoms with Crippen LogP contribution in [0.2, 0.25) is 0 Å². The summed E-state index contributed by atoms with van der Waals surface area (Å²) in [5.41, 5.74) is 3.06. The molecule has 2 amide bonds. The molecule has 4 rings (SSSR count). The Balaban J connectivity index is 1.29. The number of amides is 2. The summed E-state index contributed by atoms with van der Waals surface area (Å²) in [5.74, 6) is 1.38. The van der Waals surface area contributed by atoms with Crippen molar-refractivity contribution in [1.29, 1.82) is 0 Å². The topological polar surface area (TPSA) is 58.4 Å². The Bertz CT molecular complexity index is 893. The van der Waals surface area contributed by atoms with Crippen LogP contribution in [0, 0.1) is 11.8 Å². The van der Waals surface area contributed by atoms with Crippen molar-refractivity contribution in [2.75, 3.05) is 19.6 Å². The van der Waals surface area contributed by atoms with Gasteiger partial charge in [-0.15, -0.1) is 0 Å². The first-order chi connectivity index (χ1) is 15.1. The zero-order chi connectivity index (χ0) is 21.8. The third kappa shape index (κ3) is 5.35. The van der Waals surface area contributed by atoms with Gasteiger partial charge in [-0.1, -0.05) is 12.1 Å².